The second-order valence-corrected chi connectivity index (χ2v) is 5.64. The van der Waals surface area contributed by atoms with Crippen molar-refractivity contribution in [1.29, 1.82) is 0 Å². The number of nitrogens with zero attached hydrogens (tertiary/aromatic N) is 2. The molecule has 0 bridgehead atoms. The van der Waals surface area contributed by atoms with Crippen molar-refractivity contribution < 1.29 is 0 Å². The highest BCUT2D eigenvalue weighted by molar-refractivity contribution is 7.09. The van der Waals surface area contributed by atoms with E-state index in [4.69, 9.17) is 4.98 Å². The van der Waals surface area contributed by atoms with Crippen LogP contribution in [0.4, 0.5) is 0 Å². The van der Waals surface area contributed by atoms with Gasteiger partial charge in [0.1, 0.15) is 0 Å². The fourth-order valence-electron chi connectivity index (χ4n) is 2.38. The van der Waals surface area contributed by atoms with E-state index in [9.17, 15) is 0 Å². The van der Waals surface area contributed by atoms with Crippen LogP contribution in [0.25, 0.3) is 11.3 Å². The van der Waals surface area contributed by atoms with Gasteiger partial charge in [0.05, 0.1) is 10.7 Å². The Balaban J connectivity index is 1.63. The molecule has 1 N–H and O–H groups in total. The first-order valence-electron chi connectivity index (χ1n) is 6.50. The molecule has 0 amide bonds. The van der Waals surface area contributed by atoms with E-state index in [2.05, 4.69) is 15.7 Å². The summed E-state index contributed by atoms with van der Waals surface area (Å²) >= 11 is 1.77. The molecule has 0 spiro atoms. The summed E-state index contributed by atoms with van der Waals surface area (Å²) in [7, 11) is 0. The number of thiazole rings is 1. The second kappa shape index (κ2) is 5.59. The first-order valence-corrected chi connectivity index (χ1v) is 7.38. The Labute approximate surface area is 111 Å². The van der Waals surface area contributed by atoms with Gasteiger partial charge in [-0.2, -0.15) is 0 Å². The van der Waals surface area contributed by atoms with E-state index in [1.54, 1.807) is 11.3 Å². The predicted octanol–water partition coefficient (Wildman–Crippen LogP) is 2.89. The summed E-state index contributed by atoms with van der Waals surface area (Å²) in [6, 6.07) is 4.73. The number of pyridine rings is 1. The number of hydrogen-bond donors (Lipinski definition) is 1. The van der Waals surface area contributed by atoms with Crippen LogP contribution in [0.2, 0.25) is 0 Å². The van der Waals surface area contributed by atoms with E-state index in [0.717, 1.165) is 17.7 Å². The molecule has 18 heavy (non-hydrogen) atoms. The SMILES string of the molecule is c1cc(-c2csc(CCC3CCCN3)n2)ccn1. The first-order chi connectivity index (χ1) is 8.92. The second-order valence-electron chi connectivity index (χ2n) is 4.69. The third kappa shape index (κ3) is 2.76. The van der Waals surface area contributed by atoms with Crippen LogP contribution >= 0.6 is 11.3 Å². The Kier molecular flexibility index (Phi) is 3.67. The molecule has 1 atom stereocenters. The molecule has 3 nitrogen and oxygen atoms in total. The average molecular weight is 259 g/mol. The molecule has 2 aromatic heterocycles. The highest BCUT2D eigenvalue weighted by atomic mass is 32.1. The van der Waals surface area contributed by atoms with Crippen LogP contribution in [0.3, 0.4) is 0 Å². The number of nitrogens with one attached hydrogen (secondary N) is 1. The fraction of sp³-hybridized carbons (Fsp3) is 0.429. The fourth-order valence-corrected chi connectivity index (χ4v) is 3.21. The Morgan fingerprint density at radius 1 is 1.33 bits per heavy atom. The van der Waals surface area contributed by atoms with Crippen LogP contribution in [-0.4, -0.2) is 22.6 Å². The zero-order valence-corrected chi connectivity index (χ0v) is 11.1. The minimum atomic E-state index is 0.707. The molecule has 0 saturated carbocycles. The lowest BCUT2D eigenvalue weighted by Gasteiger charge is -2.07. The van der Waals surface area contributed by atoms with E-state index in [-0.39, 0.29) is 0 Å². The normalized spacial score (nSPS) is 19.2. The van der Waals surface area contributed by atoms with Crippen molar-refractivity contribution in [3.05, 3.63) is 34.9 Å². The van der Waals surface area contributed by atoms with Crippen molar-refractivity contribution in [2.24, 2.45) is 0 Å². The molecule has 2 aromatic rings. The summed E-state index contributed by atoms with van der Waals surface area (Å²) in [5.74, 6) is 0. The zero-order chi connectivity index (χ0) is 12.2. The Bertz CT molecular complexity index is 489. The minimum absolute atomic E-state index is 0.707. The van der Waals surface area contributed by atoms with Gasteiger partial charge >= 0.3 is 0 Å². The van der Waals surface area contributed by atoms with E-state index < -0.39 is 0 Å². The standard InChI is InChI=1S/C14H17N3S/c1-2-12(16-7-1)3-4-14-17-13(10-18-14)11-5-8-15-9-6-11/h5-6,8-10,12,16H,1-4,7H2. The van der Waals surface area contributed by atoms with Crippen molar-refractivity contribution in [2.75, 3.05) is 6.54 Å². The topological polar surface area (TPSA) is 37.8 Å². The third-order valence-corrected chi connectivity index (χ3v) is 4.31. The molecule has 3 heterocycles. The van der Waals surface area contributed by atoms with E-state index in [1.165, 1.54) is 30.8 Å². The molecule has 0 aromatic carbocycles. The van der Waals surface area contributed by atoms with Gasteiger partial charge in [0, 0.05) is 35.8 Å². The van der Waals surface area contributed by atoms with Gasteiger partial charge < -0.3 is 5.32 Å². The molecule has 94 valence electrons. The summed E-state index contributed by atoms with van der Waals surface area (Å²) in [6.45, 7) is 1.19. The molecule has 1 fully saturated rings. The van der Waals surface area contributed by atoms with Gasteiger partial charge in [-0.15, -0.1) is 11.3 Å². The van der Waals surface area contributed by atoms with Crippen molar-refractivity contribution in [3.63, 3.8) is 0 Å². The van der Waals surface area contributed by atoms with Gasteiger partial charge in [0.15, 0.2) is 0 Å². The molecular formula is C14H17N3S. The average Bonchev–Trinajstić information content (AvgIpc) is 3.09. The van der Waals surface area contributed by atoms with Gasteiger partial charge in [-0.25, -0.2) is 4.98 Å². The van der Waals surface area contributed by atoms with Crippen LogP contribution in [0.1, 0.15) is 24.3 Å². The molecule has 3 rings (SSSR count). The predicted molar refractivity (Wildman–Crippen MR) is 74.7 cm³/mol. The van der Waals surface area contributed by atoms with Crippen molar-refractivity contribution in [3.8, 4) is 11.3 Å². The summed E-state index contributed by atoms with van der Waals surface area (Å²) in [5, 5.41) is 6.93. The molecular weight excluding hydrogens is 242 g/mol. The maximum absolute atomic E-state index is 4.70. The Morgan fingerprint density at radius 2 is 2.22 bits per heavy atom. The summed E-state index contributed by atoms with van der Waals surface area (Å²) in [6.07, 6.45) is 8.58. The highest BCUT2D eigenvalue weighted by Gasteiger charge is 2.14. The zero-order valence-electron chi connectivity index (χ0n) is 10.3. The number of hydrogen-bond acceptors (Lipinski definition) is 4. The van der Waals surface area contributed by atoms with Crippen LogP contribution in [0.5, 0.6) is 0 Å². The van der Waals surface area contributed by atoms with Crippen LogP contribution < -0.4 is 5.32 Å². The Hall–Kier alpha value is -1.26. The summed E-state index contributed by atoms with van der Waals surface area (Å²) < 4.78 is 0. The van der Waals surface area contributed by atoms with Gasteiger partial charge in [0.2, 0.25) is 0 Å². The smallest absolute Gasteiger partial charge is 0.0933 e. The van der Waals surface area contributed by atoms with Crippen LogP contribution in [0, 0.1) is 0 Å². The van der Waals surface area contributed by atoms with Crippen molar-refractivity contribution in [1.82, 2.24) is 15.3 Å². The number of aromatic nitrogens is 2. The van der Waals surface area contributed by atoms with Gasteiger partial charge in [-0.1, -0.05) is 0 Å². The molecule has 1 saturated heterocycles. The highest BCUT2D eigenvalue weighted by Crippen LogP contribution is 2.22. The lowest BCUT2D eigenvalue weighted by Crippen LogP contribution is -2.21. The minimum Gasteiger partial charge on any atom is -0.314 e. The van der Waals surface area contributed by atoms with Crippen LogP contribution in [0.15, 0.2) is 29.9 Å². The van der Waals surface area contributed by atoms with Gasteiger partial charge in [0.25, 0.3) is 0 Å². The first kappa shape index (κ1) is 11.8. The number of rotatable bonds is 4. The van der Waals surface area contributed by atoms with Gasteiger partial charge in [-0.3, -0.25) is 4.98 Å². The largest absolute Gasteiger partial charge is 0.314 e. The third-order valence-electron chi connectivity index (χ3n) is 3.40. The maximum Gasteiger partial charge on any atom is 0.0933 e. The molecule has 1 aliphatic heterocycles. The maximum atomic E-state index is 4.70. The van der Waals surface area contributed by atoms with Crippen LogP contribution in [-0.2, 0) is 6.42 Å². The summed E-state index contributed by atoms with van der Waals surface area (Å²) in [4.78, 5) is 8.74. The lowest BCUT2D eigenvalue weighted by atomic mass is 10.1. The summed E-state index contributed by atoms with van der Waals surface area (Å²) in [5.41, 5.74) is 2.24. The number of aryl methyl sites for hydroxylation is 1. The molecule has 4 heteroatoms. The van der Waals surface area contributed by atoms with Gasteiger partial charge in [-0.05, 0) is 37.9 Å². The lowest BCUT2D eigenvalue weighted by molar-refractivity contribution is 0.558. The quantitative estimate of drug-likeness (QED) is 0.917. The molecule has 0 radical (unpaired) electrons. The molecule has 1 aliphatic rings. The molecule has 0 aliphatic carbocycles. The van der Waals surface area contributed by atoms with E-state index in [1.807, 2.05) is 24.5 Å². The molecule has 1 unspecified atom stereocenters. The van der Waals surface area contributed by atoms with Crippen molar-refractivity contribution in [2.45, 2.75) is 31.7 Å². The Morgan fingerprint density at radius 3 is 3.00 bits per heavy atom. The van der Waals surface area contributed by atoms with E-state index >= 15 is 0 Å². The van der Waals surface area contributed by atoms with E-state index in [0.29, 0.717) is 6.04 Å². The van der Waals surface area contributed by atoms with Crippen molar-refractivity contribution >= 4 is 11.3 Å². The monoisotopic (exact) mass is 259 g/mol.